The largest absolute Gasteiger partial charge is 0.298 e. The van der Waals surface area contributed by atoms with E-state index in [1.54, 1.807) is 16.3 Å². The molecule has 0 unspecified atom stereocenters. The van der Waals surface area contributed by atoms with E-state index in [4.69, 9.17) is 11.6 Å². The molecular formula is C18H14ClN5OS. The first-order valence-corrected chi connectivity index (χ1v) is 9.12. The van der Waals surface area contributed by atoms with E-state index in [0.29, 0.717) is 32.4 Å². The summed E-state index contributed by atoms with van der Waals surface area (Å²) in [6.07, 6.45) is 3.10. The molecule has 4 aromatic rings. The molecule has 0 fully saturated rings. The van der Waals surface area contributed by atoms with E-state index in [-0.39, 0.29) is 5.91 Å². The fourth-order valence-electron chi connectivity index (χ4n) is 2.68. The third-order valence-electron chi connectivity index (χ3n) is 3.98. The molecule has 1 aromatic carbocycles. The molecule has 0 radical (unpaired) electrons. The fourth-order valence-corrected chi connectivity index (χ4v) is 3.56. The third-order valence-corrected chi connectivity index (χ3v) is 5.06. The monoisotopic (exact) mass is 383 g/mol. The average Bonchev–Trinajstić information content (AvgIpc) is 3.24. The number of benzene rings is 1. The van der Waals surface area contributed by atoms with Crippen LogP contribution in [0.2, 0.25) is 5.02 Å². The number of carbonyl (C=O) groups is 1. The highest BCUT2D eigenvalue weighted by Crippen LogP contribution is 2.30. The molecule has 0 atom stereocenters. The van der Waals surface area contributed by atoms with Crippen molar-refractivity contribution in [1.82, 2.24) is 19.7 Å². The predicted molar refractivity (Wildman–Crippen MR) is 103 cm³/mol. The summed E-state index contributed by atoms with van der Waals surface area (Å²) in [6, 6.07) is 7.96. The number of aromatic nitrogens is 4. The van der Waals surface area contributed by atoms with Gasteiger partial charge in [-0.3, -0.25) is 10.1 Å². The molecule has 0 aliphatic rings. The Kier molecular flexibility index (Phi) is 4.18. The highest BCUT2D eigenvalue weighted by Gasteiger charge is 2.20. The standard InChI is InChI=1S/C18H14ClN5OS/c1-10-3-5-12(6-4-10)24-16-14(11(2)23-24)15(19)13(9-21-16)17(25)22-18-20-7-8-26-18/h3-9H,1-2H3,(H,20,22,25). The number of rotatable bonds is 3. The van der Waals surface area contributed by atoms with Gasteiger partial charge in [-0.1, -0.05) is 29.3 Å². The van der Waals surface area contributed by atoms with Crippen LogP contribution in [-0.4, -0.2) is 25.7 Å². The summed E-state index contributed by atoms with van der Waals surface area (Å²) in [5, 5.41) is 10.6. The van der Waals surface area contributed by atoms with Crippen LogP contribution in [0.4, 0.5) is 5.13 Å². The molecule has 0 saturated carbocycles. The molecule has 8 heteroatoms. The molecule has 1 amide bonds. The number of thiazole rings is 1. The Morgan fingerprint density at radius 1 is 1.19 bits per heavy atom. The van der Waals surface area contributed by atoms with Crippen molar-refractivity contribution < 1.29 is 4.79 Å². The fraction of sp³-hybridized carbons (Fsp3) is 0.111. The summed E-state index contributed by atoms with van der Waals surface area (Å²) >= 11 is 7.87. The molecule has 0 spiro atoms. The second kappa shape index (κ2) is 6.51. The molecule has 0 aliphatic heterocycles. The Bertz CT molecular complexity index is 1100. The zero-order valence-corrected chi connectivity index (χ0v) is 15.6. The third kappa shape index (κ3) is 2.85. The average molecular weight is 384 g/mol. The van der Waals surface area contributed by atoms with Crippen molar-refractivity contribution in [3.63, 3.8) is 0 Å². The van der Waals surface area contributed by atoms with Gasteiger partial charge < -0.3 is 0 Å². The van der Waals surface area contributed by atoms with Gasteiger partial charge in [-0.05, 0) is 26.0 Å². The van der Waals surface area contributed by atoms with Gasteiger partial charge in [0.2, 0.25) is 0 Å². The van der Waals surface area contributed by atoms with E-state index in [9.17, 15) is 4.79 Å². The van der Waals surface area contributed by atoms with Gasteiger partial charge in [0.25, 0.3) is 5.91 Å². The lowest BCUT2D eigenvalue weighted by Crippen LogP contribution is -2.13. The van der Waals surface area contributed by atoms with Crippen molar-refractivity contribution in [1.29, 1.82) is 0 Å². The zero-order valence-electron chi connectivity index (χ0n) is 14.0. The molecule has 0 bridgehead atoms. The minimum atomic E-state index is -0.346. The van der Waals surface area contributed by atoms with Crippen molar-refractivity contribution in [2.75, 3.05) is 5.32 Å². The number of carbonyl (C=O) groups excluding carboxylic acids is 1. The topological polar surface area (TPSA) is 72.7 Å². The van der Waals surface area contributed by atoms with Crippen molar-refractivity contribution >= 4 is 45.0 Å². The quantitative estimate of drug-likeness (QED) is 0.569. The van der Waals surface area contributed by atoms with Crippen LogP contribution < -0.4 is 5.32 Å². The number of amides is 1. The lowest BCUT2D eigenvalue weighted by molar-refractivity contribution is 0.102. The number of fused-ring (bicyclic) bond motifs is 1. The van der Waals surface area contributed by atoms with Gasteiger partial charge in [-0.25, -0.2) is 14.6 Å². The number of nitrogens with zero attached hydrogens (tertiary/aromatic N) is 4. The predicted octanol–water partition coefficient (Wildman–Crippen LogP) is 4.40. The molecule has 26 heavy (non-hydrogen) atoms. The van der Waals surface area contributed by atoms with Crippen molar-refractivity contribution in [3.05, 3.63) is 63.9 Å². The van der Waals surface area contributed by atoms with Crippen molar-refractivity contribution in [2.45, 2.75) is 13.8 Å². The Morgan fingerprint density at radius 2 is 1.96 bits per heavy atom. The summed E-state index contributed by atoms with van der Waals surface area (Å²) in [7, 11) is 0. The van der Waals surface area contributed by atoms with Crippen LogP contribution in [0.1, 0.15) is 21.6 Å². The minimum Gasteiger partial charge on any atom is -0.298 e. The van der Waals surface area contributed by atoms with Crippen molar-refractivity contribution in [2.24, 2.45) is 0 Å². The normalized spacial score (nSPS) is 11.0. The summed E-state index contributed by atoms with van der Waals surface area (Å²) in [6.45, 7) is 3.88. The van der Waals surface area contributed by atoms with Crippen LogP contribution in [-0.2, 0) is 0 Å². The van der Waals surface area contributed by atoms with E-state index in [2.05, 4.69) is 20.4 Å². The van der Waals surface area contributed by atoms with Crippen LogP contribution in [0, 0.1) is 13.8 Å². The first-order valence-electron chi connectivity index (χ1n) is 7.86. The van der Waals surface area contributed by atoms with E-state index in [0.717, 1.165) is 11.3 Å². The van der Waals surface area contributed by atoms with Crippen LogP contribution in [0.3, 0.4) is 0 Å². The van der Waals surface area contributed by atoms with Gasteiger partial charge in [-0.15, -0.1) is 11.3 Å². The molecule has 4 rings (SSSR count). The number of hydrogen-bond acceptors (Lipinski definition) is 5. The number of aryl methyl sites for hydroxylation is 2. The van der Waals surface area contributed by atoms with Crippen LogP contribution in [0.15, 0.2) is 42.0 Å². The summed E-state index contributed by atoms with van der Waals surface area (Å²) < 4.78 is 1.73. The maximum atomic E-state index is 12.5. The van der Waals surface area contributed by atoms with Gasteiger partial charge in [-0.2, -0.15) is 5.10 Å². The highest BCUT2D eigenvalue weighted by atomic mass is 35.5. The Labute approximate surface area is 158 Å². The minimum absolute atomic E-state index is 0.293. The lowest BCUT2D eigenvalue weighted by atomic mass is 10.2. The van der Waals surface area contributed by atoms with E-state index in [1.165, 1.54) is 17.5 Å². The number of nitrogens with one attached hydrogen (secondary N) is 1. The van der Waals surface area contributed by atoms with Gasteiger partial charge in [0.05, 0.1) is 27.4 Å². The van der Waals surface area contributed by atoms with Crippen LogP contribution in [0.25, 0.3) is 16.7 Å². The summed E-state index contributed by atoms with van der Waals surface area (Å²) in [5.74, 6) is -0.346. The van der Waals surface area contributed by atoms with E-state index >= 15 is 0 Å². The smallest absolute Gasteiger partial charge is 0.260 e. The van der Waals surface area contributed by atoms with Gasteiger partial charge in [0.15, 0.2) is 10.8 Å². The van der Waals surface area contributed by atoms with Gasteiger partial charge >= 0.3 is 0 Å². The highest BCUT2D eigenvalue weighted by molar-refractivity contribution is 7.13. The van der Waals surface area contributed by atoms with E-state index < -0.39 is 0 Å². The number of halogens is 1. The maximum Gasteiger partial charge on any atom is 0.260 e. The lowest BCUT2D eigenvalue weighted by Gasteiger charge is -2.06. The molecular weight excluding hydrogens is 370 g/mol. The maximum absolute atomic E-state index is 12.5. The summed E-state index contributed by atoms with van der Waals surface area (Å²) in [5.41, 5.74) is 3.66. The molecule has 0 saturated heterocycles. The second-order valence-corrected chi connectivity index (χ2v) is 7.08. The Morgan fingerprint density at radius 3 is 2.65 bits per heavy atom. The molecule has 130 valence electrons. The molecule has 3 heterocycles. The van der Waals surface area contributed by atoms with Crippen molar-refractivity contribution in [3.8, 4) is 5.69 Å². The van der Waals surface area contributed by atoms with Gasteiger partial charge in [0, 0.05) is 17.8 Å². The summed E-state index contributed by atoms with van der Waals surface area (Å²) in [4.78, 5) is 21.0. The van der Waals surface area contributed by atoms with Crippen LogP contribution >= 0.6 is 22.9 Å². The zero-order chi connectivity index (χ0) is 18.3. The SMILES string of the molecule is Cc1ccc(-n2nc(C)c3c(Cl)c(C(=O)Nc4nccs4)cnc32)cc1. The first-order chi connectivity index (χ1) is 12.5. The van der Waals surface area contributed by atoms with Gasteiger partial charge in [0.1, 0.15) is 0 Å². The molecule has 6 nitrogen and oxygen atoms in total. The number of hydrogen-bond donors (Lipinski definition) is 1. The Hall–Kier alpha value is -2.77. The Balaban J connectivity index is 1.80. The number of pyridine rings is 1. The van der Waals surface area contributed by atoms with E-state index in [1.807, 2.05) is 38.1 Å². The first kappa shape index (κ1) is 16.7. The molecule has 3 aromatic heterocycles. The second-order valence-electron chi connectivity index (χ2n) is 5.81. The van der Waals surface area contributed by atoms with Crippen LogP contribution in [0.5, 0.6) is 0 Å². The molecule has 0 aliphatic carbocycles. The number of anilines is 1. The molecule has 1 N–H and O–H groups in total.